The van der Waals surface area contributed by atoms with Crippen LogP contribution in [0.25, 0.3) is 0 Å². The highest BCUT2D eigenvalue weighted by Crippen LogP contribution is 2.32. The highest BCUT2D eigenvalue weighted by molar-refractivity contribution is 6.31. The maximum atomic E-state index is 13.6. The lowest BCUT2D eigenvalue weighted by Crippen LogP contribution is -2.16. The van der Waals surface area contributed by atoms with Gasteiger partial charge in [0.1, 0.15) is 6.61 Å². The van der Waals surface area contributed by atoms with Crippen LogP contribution in [0.15, 0.2) is 6.07 Å². The van der Waals surface area contributed by atoms with Crippen LogP contribution in [-0.2, 0) is 6.54 Å². The molecule has 1 aromatic carbocycles. The minimum Gasteiger partial charge on any atom is -0.489 e. The first kappa shape index (κ1) is 9.74. The molecule has 0 bridgehead atoms. The average Bonchev–Trinajstić information content (AvgIpc) is 2.39. The van der Waals surface area contributed by atoms with Crippen molar-refractivity contribution in [2.24, 2.45) is 0 Å². The van der Waals surface area contributed by atoms with Crippen LogP contribution in [0.3, 0.4) is 0 Å². The van der Waals surface area contributed by atoms with Crippen molar-refractivity contribution >= 4 is 11.6 Å². The molecule has 0 spiro atoms. The van der Waals surface area contributed by atoms with E-state index in [-0.39, 0.29) is 5.02 Å². The third-order valence-corrected chi connectivity index (χ3v) is 2.60. The van der Waals surface area contributed by atoms with E-state index in [1.165, 1.54) is 0 Å². The molecule has 0 radical (unpaired) electrons. The second-order valence-electron chi connectivity index (χ2n) is 3.32. The van der Waals surface area contributed by atoms with Crippen LogP contribution in [0.2, 0.25) is 5.02 Å². The van der Waals surface area contributed by atoms with E-state index in [2.05, 4.69) is 5.32 Å². The monoisotopic (exact) mass is 215 g/mol. The number of fused-ring (bicyclic) bond motifs is 1. The fourth-order valence-corrected chi connectivity index (χ4v) is 1.82. The normalized spacial score (nSPS) is 15.6. The molecule has 0 atom stereocenters. The van der Waals surface area contributed by atoms with E-state index < -0.39 is 5.82 Å². The predicted molar refractivity (Wildman–Crippen MR) is 53.3 cm³/mol. The van der Waals surface area contributed by atoms with Gasteiger partial charge in [0.2, 0.25) is 0 Å². The van der Waals surface area contributed by atoms with Gasteiger partial charge in [-0.05, 0) is 18.6 Å². The van der Waals surface area contributed by atoms with Gasteiger partial charge in [-0.25, -0.2) is 4.39 Å². The number of rotatable bonds is 0. The molecule has 4 heteroatoms. The molecule has 0 aromatic heterocycles. The Morgan fingerprint density at radius 3 is 3.14 bits per heavy atom. The molecular weight excluding hydrogens is 205 g/mol. The molecule has 0 saturated carbocycles. The number of hydrogen-bond acceptors (Lipinski definition) is 2. The van der Waals surface area contributed by atoms with E-state index in [9.17, 15) is 4.39 Å². The second-order valence-corrected chi connectivity index (χ2v) is 3.73. The van der Waals surface area contributed by atoms with Crippen LogP contribution in [0, 0.1) is 12.7 Å². The van der Waals surface area contributed by atoms with Crippen LogP contribution in [-0.4, -0.2) is 13.2 Å². The van der Waals surface area contributed by atoms with Crippen molar-refractivity contribution in [3.8, 4) is 5.75 Å². The van der Waals surface area contributed by atoms with Crippen LogP contribution < -0.4 is 10.1 Å². The average molecular weight is 216 g/mol. The van der Waals surface area contributed by atoms with Gasteiger partial charge in [-0.2, -0.15) is 0 Å². The Bertz CT molecular complexity index is 368. The fourth-order valence-electron chi connectivity index (χ4n) is 1.57. The minimum atomic E-state index is -0.448. The molecule has 1 aliphatic rings. The molecule has 1 N–H and O–H groups in total. The third-order valence-electron chi connectivity index (χ3n) is 2.33. The van der Waals surface area contributed by atoms with Gasteiger partial charge in [-0.15, -0.1) is 0 Å². The summed E-state index contributed by atoms with van der Waals surface area (Å²) in [5, 5.41) is 3.28. The van der Waals surface area contributed by atoms with E-state index in [1.54, 1.807) is 6.07 Å². The molecule has 0 aliphatic carbocycles. The summed E-state index contributed by atoms with van der Waals surface area (Å²) in [7, 11) is 0. The molecule has 14 heavy (non-hydrogen) atoms. The summed E-state index contributed by atoms with van der Waals surface area (Å²) in [5.74, 6) is -0.143. The number of benzene rings is 1. The Morgan fingerprint density at radius 1 is 1.57 bits per heavy atom. The van der Waals surface area contributed by atoms with E-state index >= 15 is 0 Å². The summed E-state index contributed by atoms with van der Waals surface area (Å²) in [4.78, 5) is 0. The van der Waals surface area contributed by atoms with Gasteiger partial charge in [0.15, 0.2) is 11.6 Å². The second kappa shape index (κ2) is 3.75. The van der Waals surface area contributed by atoms with Crippen LogP contribution in [0.5, 0.6) is 5.75 Å². The zero-order chi connectivity index (χ0) is 10.1. The molecule has 1 aliphatic heterocycles. The molecular formula is C10H11ClFNO. The Morgan fingerprint density at radius 2 is 2.36 bits per heavy atom. The first-order valence-electron chi connectivity index (χ1n) is 4.51. The lowest BCUT2D eigenvalue weighted by atomic mass is 10.1. The summed E-state index contributed by atoms with van der Waals surface area (Å²) >= 11 is 5.73. The zero-order valence-electron chi connectivity index (χ0n) is 7.86. The number of aryl methyl sites for hydroxylation is 1. The van der Waals surface area contributed by atoms with Crippen molar-refractivity contribution in [1.82, 2.24) is 5.32 Å². The molecule has 1 aromatic rings. The molecule has 2 nitrogen and oxygen atoms in total. The van der Waals surface area contributed by atoms with Gasteiger partial charge in [0.25, 0.3) is 0 Å². The van der Waals surface area contributed by atoms with Crippen LogP contribution in [0.1, 0.15) is 11.1 Å². The van der Waals surface area contributed by atoms with Crippen molar-refractivity contribution in [3.63, 3.8) is 0 Å². The zero-order valence-corrected chi connectivity index (χ0v) is 8.62. The van der Waals surface area contributed by atoms with Crippen molar-refractivity contribution < 1.29 is 9.13 Å². The summed E-state index contributed by atoms with van der Waals surface area (Å²) in [6.45, 7) is 3.74. The molecule has 0 fully saturated rings. The molecule has 76 valence electrons. The predicted octanol–water partition coefficient (Wildman–Crippen LogP) is 2.27. The van der Waals surface area contributed by atoms with Crippen molar-refractivity contribution in [3.05, 3.63) is 28.0 Å². The van der Waals surface area contributed by atoms with Gasteiger partial charge in [0.05, 0.1) is 5.02 Å². The highest BCUT2D eigenvalue weighted by atomic mass is 35.5. The Labute approximate surface area is 87.0 Å². The standard InChI is InChI=1S/C10H11ClFNO/c1-6-4-8(11)9(12)10-7(6)5-13-2-3-14-10/h4,13H,2-3,5H2,1H3. The quantitative estimate of drug-likeness (QED) is 0.717. The first-order valence-corrected chi connectivity index (χ1v) is 4.89. The maximum absolute atomic E-state index is 13.6. The van der Waals surface area contributed by atoms with Crippen LogP contribution >= 0.6 is 11.6 Å². The van der Waals surface area contributed by atoms with Gasteiger partial charge >= 0.3 is 0 Å². The summed E-state index contributed by atoms with van der Waals surface area (Å²) in [5.41, 5.74) is 1.82. The van der Waals surface area contributed by atoms with Crippen molar-refractivity contribution in [2.45, 2.75) is 13.5 Å². The van der Waals surface area contributed by atoms with Gasteiger partial charge in [-0.1, -0.05) is 11.6 Å². The molecule has 0 unspecified atom stereocenters. The van der Waals surface area contributed by atoms with E-state index in [0.29, 0.717) is 18.9 Å². The molecule has 0 saturated heterocycles. The molecule has 0 amide bonds. The summed E-state index contributed by atoms with van der Waals surface area (Å²) in [6.07, 6.45) is 0. The van der Waals surface area contributed by atoms with Crippen LogP contribution in [0.4, 0.5) is 4.39 Å². The topological polar surface area (TPSA) is 21.3 Å². The largest absolute Gasteiger partial charge is 0.489 e. The SMILES string of the molecule is Cc1cc(Cl)c(F)c2c1CNCCO2. The van der Waals surface area contributed by atoms with Gasteiger partial charge in [-0.3, -0.25) is 0 Å². The lowest BCUT2D eigenvalue weighted by molar-refractivity contribution is 0.309. The van der Waals surface area contributed by atoms with E-state index in [4.69, 9.17) is 16.3 Å². The van der Waals surface area contributed by atoms with E-state index in [1.807, 2.05) is 6.92 Å². The first-order chi connectivity index (χ1) is 6.70. The number of halogens is 2. The number of hydrogen-bond donors (Lipinski definition) is 1. The Balaban J connectivity index is 2.57. The molecule has 1 heterocycles. The minimum absolute atomic E-state index is 0.128. The Kier molecular flexibility index (Phi) is 2.61. The van der Waals surface area contributed by atoms with Gasteiger partial charge in [0, 0.05) is 18.7 Å². The fraction of sp³-hybridized carbons (Fsp3) is 0.400. The Hall–Kier alpha value is -0.800. The van der Waals surface area contributed by atoms with Crippen molar-refractivity contribution in [2.75, 3.05) is 13.2 Å². The summed E-state index contributed by atoms with van der Waals surface area (Å²) < 4.78 is 18.9. The number of nitrogens with one attached hydrogen (secondary N) is 1. The van der Waals surface area contributed by atoms with Crippen molar-refractivity contribution in [1.29, 1.82) is 0 Å². The number of ether oxygens (including phenoxy) is 1. The van der Waals surface area contributed by atoms with Gasteiger partial charge < -0.3 is 10.1 Å². The maximum Gasteiger partial charge on any atom is 0.183 e. The van der Waals surface area contributed by atoms with E-state index in [0.717, 1.165) is 17.7 Å². The lowest BCUT2D eigenvalue weighted by Gasteiger charge is -2.11. The summed E-state index contributed by atoms with van der Waals surface area (Å²) in [6, 6.07) is 1.63. The molecule has 2 rings (SSSR count). The third kappa shape index (κ3) is 1.57. The highest BCUT2D eigenvalue weighted by Gasteiger charge is 2.18. The smallest absolute Gasteiger partial charge is 0.183 e.